The largest absolute Gasteiger partial charge is 0.417 e. The van der Waals surface area contributed by atoms with E-state index in [2.05, 4.69) is 32.0 Å². The van der Waals surface area contributed by atoms with Crippen LogP contribution >= 0.6 is 0 Å². The van der Waals surface area contributed by atoms with Crippen LogP contribution in [0.15, 0.2) is 133 Å². The molecule has 0 saturated carbocycles. The Morgan fingerprint density at radius 2 is 0.725 bits per heavy atom. The standard InChI is InChI=1S/C46H37F3N2/c1-28-14-6-7-19-33(28)35-26-38(41-23-13-25-43(51-41)45-31(4)17-11-18-32(45)5)36(34-20-8-9-21-39(34)46(47,48)49)27-37(35)40-22-12-24-42(50-40)44-29(2)15-10-16-30(44)3/h6-27H,1-5H3. The van der Waals surface area contributed by atoms with Gasteiger partial charge >= 0.3 is 6.18 Å². The maximum atomic E-state index is 14.8. The fourth-order valence-corrected chi connectivity index (χ4v) is 7.19. The number of pyridine rings is 2. The summed E-state index contributed by atoms with van der Waals surface area (Å²) in [5, 5.41) is 0. The minimum absolute atomic E-state index is 0.0859. The van der Waals surface area contributed by atoms with E-state index in [1.54, 1.807) is 12.1 Å². The van der Waals surface area contributed by atoms with Crippen LogP contribution in [-0.2, 0) is 6.18 Å². The lowest BCUT2D eigenvalue weighted by atomic mass is 9.85. The summed E-state index contributed by atoms with van der Waals surface area (Å²) in [4.78, 5) is 10.3. The van der Waals surface area contributed by atoms with Crippen molar-refractivity contribution in [2.45, 2.75) is 40.8 Å². The van der Waals surface area contributed by atoms with Gasteiger partial charge in [0.15, 0.2) is 0 Å². The molecule has 51 heavy (non-hydrogen) atoms. The Kier molecular flexibility index (Phi) is 8.90. The van der Waals surface area contributed by atoms with Gasteiger partial charge in [0.1, 0.15) is 0 Å². The predicted octanol–water partition coefficient (Wildman–Crippen LogP) is 13.0. The van der Waals surface area contributed by atoms with Gasteiger partial charge in [-0.25, -0.2) is 9.97 Å². The number of benzene rings is 5. The normalized spacial score (nSPS) is 11.5. The Hall–Kier alpha value is -5.81. The van der Waals surface area contributed by atoms with Crippen molar-refractivity contribution < 1.29 is 13.2 Å². The van der Waals surface area contributed by atoms with Gasteiger partial charge in [-0.1, -0.05) is 91.0 Å². The molecule has 0 unspecified atom stereocenters. The Bertz CT molecular complexity index is 2380. The highest BCUT2D eigenvalue weighted by molar-refractivity contribution is 5.95. The number of nitrogens with zero attached hydrogens (tertiary/aromatic N) is 2. The molecule has 2 aromatic heterocycles. The Labute approximate surface area is 297 Å². The number of alkyl halides is 3. The molecule has 0 aliphatic heterocycles. The zero-order chi connectivity index (χ0) is 35.9. The van der Waals surface area contributed by atoms with Crippen LogP contribution in [0.5, 0.6) is 0 Å². The van der Waals surface area contributed by atoms with Crippen LogP contribution in [0.2, 0.25) is 0 Å². The molecule has 0 amide bonds. The molecule has 0 bridgehead atoms. The van der Waals surface area contributed by atoms with Gasteiger partial charge in [-0.2, -0.15) is 13.2 Å². The van der Waals surface area contributed by atoms with E-state index in [1.165, 1.54) is 6.07 Å². The van der Waals surface area contributed by atoms with Crippen molar-refractivity contribution in [2.24, 2.45) is 0 Å². The molecule has 0 N–H and O–H groups in total. The van der Waals surface area contributed by atoms with Gasteiger partial charge in [-0.3, -0.25) is 0 Å². The summed E-state index contributed by atoms with van der Waals surface area (Å²) < 4.78 is 44.3. The molecule has 7 aromatic rings. The molecule has 5 heteroatoms. The molecule has 0 aliphatic rings. The summed E-state index contributed by atoms with van der Waals surface area (Å²) in [7, 11) is 0. The first-order chi connectivity index (χ1) is 24.5. The van der Waals surface area contributed by atoms with Gasteiger partial charge in [0, 0.05) is 22.3 Å². The monoisotopic (exact) mass is 674 g/mol. The highest BCUT2D eigenvalue weighted by atomic mass is 19.4. The smallest absolute Gasteiger partial charge is 0.248 e. The van der Waals surface area contributed by atoms with E-state index in [0.717, 1.165) is 73.1 Å². The summed E-state index contributed by atoms with van der Waals surface area (Å²) in [5.74, 6) is 0. The topological polar surface area (TPSA) is 25.8 Å². The van der Waals surface area contributed by atoms with Gasteiger partial charge in [-0.05, 0) is 127 Å². The van der Waals surface area contributed by atoms with Crippen LogP contribution < -0.4 is 0 Å². The van der Waals surface area contributed by atoms with Crippen LogP contribution in [0.4, 0.5) is 13.2 Å². The SMILES string of the molecule is Cc1ccccc1-c1cc(-c2cccc(-c3c(C)cccc3C)n2)c(-c2ccccc2C(F)(F)F)cc1-c1cccc(-c2c(C)cccc2C)n1. The second-order valence-corrected chi connectivity index (χ2v) is 13.2. The minimum Gasteiger partial charge on any atom is -0.248 e. The number of aryl methyl sites for hydroxylation is 5. The van der Waals surface area contributed by atoms with Crippen molar-refractivity contribution in [3.05, 3.63) is 167 Å². The van der Waals surface area contributed by atoms with Crippen LogP contribution in [0.25, 0.3) is 67.3 Å². The summed E-state index contributed by atoms with van der Waals surface area (Å²) in [6.45, 7) is 10.3. The van der Waals surface area contributed by atoms with E-state index < -0.39 is 11.7 Å². The van der Waals surface area contributed by atoms with Crippen LogP contribution in [0.3, 0.4) is 0 Å². The van der Waals surface area contributed by atoms with Gasteiger partial charge in [0.05, 0.1) is 28.3 Å². The van der Waals surface area contributed by atoms with Crippen LogP contribution in [-0.4, -0.2) is 9.97 Å². The fourth-order valence-electron chi connectivity index (χ4n) is 7.19. The van der Waals surface area contributed by atoms with E-state index >= 15 is 0 Å². The van der Waals surface area contributed by atoms with Gasteiger partial charge in [-0.15, -0.1) is 0 Å². The highest BCUT2D eigenvalue weighted by Crippen LogP contribution is 2.46. The van der Waals surface area contributed by atoms with Crippen molar-refractivity contribution in [2.75, 3.05) is 0 Å². The summed E-state index contributed by atoms with van der Waals surface area (Å²) in [6, 6.07) is 41.7. The Morgan fingerprint density at radius 3 is 1.20 bits per heavy atom. The lowest BCUT2D eigenvalue weighted by Gasteiger charge is -2.21. The average Bonchev–Trinajstić information content (AvgIpc) is 3.11. The fraction of sp³-hybridized carbons (Fsp3) is 0.130. The van der Waals surface area contributed by atoms with E-state index in [0.29, 0.717) is 22.5 Å². The molecule has 5 aromatic carbocycles. The van der Waals surface area contributed by atoms with Crippen molar-refractivity contribution in [3.8, 4) is 67.3 Å². The molecule has 252 valence electrons. The van der Waals surface area contributed by atoms with E-state index in [4.69, 9.17) is 9.97 Å². The number of rotatable bonds is 6. The maximum Gasteiger partial charge on any atom is 0.417 e. The summed E-state index contributed by atoms with van der Waals surface area (Å²) in [5.41, 5.74) is 13.3. The minimum atomic E-state index is -4.57. The average molecular weight is 675 g/mol. The number of halogens is 3. The molecule has 2 nitrogen and oxygen atoms in total. The summed E-state index contributed by atoms with van der Waals surface area (Å²) in [6.07, 6.45) is -4.57. The van der Waals surface area contributed by atoms with Crippen molar-refractivity contribution in [1.82, 2.24) is 9.97 Å². The van der Waals surface area contributed by atoms with Crippen LogP contribution in [0.1, 0.15) is 33.4 Å². The molecule has 0 atom stereocenters. The molecular formula is C46H37F3N2. The first-order valence-electron chi connectivity index (χ1n) is 17.0. The molecular weight excluding hydrogens is 638 g/mol. The van der Waals surface area contributed by atoms with Gasteiger partial charge < -0.3 is 0 Å². The maximum absolute atomic E-state index is 14.8. The molecule has 2 heterocycles. The van der Waals surface area contributed by atoms with Crippen molar-refractivity contribution in [3.63, 3.8) is 0 Å². The molecule has 7 rings (SSSR count). The molecule has 0 radical (unpaired) electrons. The molecule has 0 fully saturated rings. The third kappa shape index (κ3) is 6.48. The van der Waals surface area contributed by atoms with E-state index in [1.807, 2.05) is 112 Å². The number of hydrogen-bond acceptors (Lipinski definition) is 2. The predicted molar refractivity (Wildman–Crippen MR) is 203 cm³/mol. The van der Waals surface area contributed by atoms with E-state index in [9.17, 15) is 13.2 Å². The Morgan fingerprint density at radius 1 is 0.353 bits per heavy atom. The van der Waals surface area contributed by atoms with Crippen molar-refractivity contribution >= 4 is 0 Å². The van der Waals surface area contributed by atoms with Gasteiger partial charge in [0.25, 0.3) is 0 Å². The zero-order valence-corrected chi connectivity index (χ0v) is 29.2. The van der Waals surface area contributed by atoms with Crippen molar-refractivity contribution in [1.29, 1.82) is 0 Å². The Balaban J connectivity index is 1.57. The second-order valence-electron chi connectivity index (χ2n) is 13.2. The van der Waals surface area contributed by atoms with Crippen LogP contribution in [0, 0.1) is 34.6 Å². The highest BCUT2D eigenvalue weighted by Gasteiger charge is 2.34. The molecule has 0 spiro atoms. The number of hydrogen-bond donors (Lipinski definition) is 0. The first kappa shape index (κ1) is 33.7. The quantitative estimate of drug-likeness (QED) is 0.175. The zero-order valence-electron chi connectivity index (χ0n) is 29.2. The van der Waals surface area contributed by atoms with Gasteiger partial charge in [0.2, 0.25) is 0 Å². The van der Waals surface area contributed by atoms with E-state index in [-0.39, 0.29) is 5.56 Å². The third-order valence-corrected chi connectivity index (χ3v) is 9.64. The summed E-state index contributed by atoms with van der Waals surface area (Å²) >= 11 is 0. The lowest BCUT2D eigenvalue weighted by molar-refractivity contribution is -0.137. The number of aromatic nitrogens is 2. The lowest BCUT2D eigenvalue weighted by Crippen LogP contribution is -2.07. The second kappa shape index (κ2) is 13.5. The third-order valence-electron chi connectivity index (χ3n) is 9.64. The molecule has 0 saturated heterocycles. The first-order valence-corrected chi connectivity index (χ1v) is 17.0. The molecule has 0 aliphatic carbocycles.